The maximum atomic E-state index is 9.98. The second kappa shape index (κ2) is 7.15. The SMILES string of the molecule is CC(C)(CCC#N)CNCC(O)c1ccccc1. The Kier molecular flexibility index (Phi) is 5.84. The molecule has 1 atom stereocenters. The van der Waals surface area contributed by atoms with Crippen molar-refractivity contribution < 1.29 is 5.11 Å². The molecule has 3 nitrogen and oxygen atoms in total. The van der Waals surface area contributed by atoms with Crippen molar-refractivity contribution in [3.8, 4) is 6.07 Å². The lowest BCUT2D eigenvalue weighted by molar-refractivity contribution is 0.167. The predicted octanol–water partition coefficient (Wildman–Crippen LogP) is 2.64. The van der Waals surface area contributed by atoms with Gasteiger partial charge in [-0.05, 0) is 17.4 Å². The van der Waals surface area contributed by atoms with E-state index in [2.05, 4.69) is 25.2 Å². The highest BCUT2D eigenvalue weighted by atomic mass is 16.3. The van der Waals surface area contributed by atoms with Gasteiger partial charge in [0.15, 0.2) is 0 Å². The molecule has 1 unspecified atom stereocenters. The lowest BCUT2D eigenvalue weighted by atomic mass is 9.88. The van der Waals surface area contributed by atoms with Gasteiger partial charge in [-0.2, -0.15) is 5.26 Å². The van der Waals surface area contributed by atoms with Crippen molar-refractivity contribution in [2.75, 3.05) is 13.1 Å². The van der Waals surface area contributed by atoms with Crippen LogP contribution in [-0.2, 0) is 0 Å². The zero-order valence-electron chi connectivity index (χ0n) is 11.2. The van der Waals surface area contributed by atoms with Crippen molar-refractivity contribution in [1.29, 1.82) is 5.26 Å². The Morgan fingerprint density at radius 3 is 2.61 bits per heavy atom. The fourth-order valence-electron chi connectivity index (χ4n) is 1.82. The molecule has 1 aromatic carbocycles. The largest absolute Gasteiger partial charge is 0.387 e. The minimum absolute atomic E-state index is 0.0894. The van der Waals surface area contributed by atoms with Crippen LogP contribution in [-0.4, -0.2) is 18.2 Å². The molecule has 18 heavy (non-hydrogen) atoms. The Balaban J connectivity index is 2.32. The predicted molar refractivity (Wildman–Crippen MR) is 72.9 cm³/mol. The maximum absolute atomic E-state index is 9.98. The van der Waals surface area contributed by atoms with E-state index in [4.69, 9.17) is 5.26 Å². The molecular weight excluding hydrogens is 224 g/mol. The van der Waals surface area contributed by atoms with Gasteiger partial charge in [-0.3, -0.25) is 0 Å². The topological polar surface area (TPSA) is 56.0 Å². The second-order valence-electron chi connectivity index (χ2n) is 5.38. The Labute approximate surface area is 109 Å². The third-order valence-corrected chi connectivity index (χ3v) is 3.04. The fraction of sp³-hybridized carbons (Fsp3) is 0.533. The molecule has 3 heteroatoms. The molecule has 0 aliphatic carbocycles. The average Bonchev–Trinajstić information content (AvgIpc) is 2.37. The van der Waals surface area contributed by atoms with Crippen LogP contribution in [0.4, 0.5) is 0 Å². The number of nitrogens with zero attached hydrogens (tertiary/aromatic N) is 1. The van der Waals surface area contributed by atoms with Crippen LogP contribution in [0.15, 0.2) is 30.3 Å². The van der Waals surface area contributed by atoms with Crippen LogP contribution in [0.25, 0.3) is 0 Å². The zero-order valence-corrected chi connectivity index (χ0v) is 11.2. The van der Waals surface area contributed by atoms with Crippen LogP contribution < -0.4 is 5.32 Å². The van der Waals surface area contributed by atoms with Gasteiger partial charge in [-0.15, -0.1) is 0 Å². The summed E-state index contributed by atoms with van der Waals surface area (Å²) in [5.41, 5.74) is 1.02. The summed E-state index contributed by atoms with van der Waals surface area (Å²) < 4.78 is 0. The van der Waals surface area contributed by atoms with E-state index in [0.29, 0.717) is 13.0 Å². The lowest BCUT2D eigenvalue weighted by Gasteiger charge is -2.24. The van der Waals surface area contributed by atoms with E-state index in [9.17, 15) is 5.11 Å². The molecule has 0 bridgehead atoms. The average molecular weight is 246 g/mol. The molecule has 0 radical (unpaired) electrons. The van der Waals surface area contributed by atoms with Crippen LogP contribution in [0.2, 0.25) is 0 Å². The van der Waals surface area contributed by atoms with Gasteiger partial charge in [0.25, 0.3) is 0 Å². The molecule has 98 valence electrons. The molecule has 0 saturated heterocycles. The quantitative estimate of drug-likeness (QED) is 0.777. The van der Waals surface area contributed by atoms with Crippen LogP contribution in [0.1, 0.15) is 38.4 Å². The summed E-state index contributed by atoms with van der Waals surface area (Å²) in [5.74, 6) is 0. The van der Waals surface area contributed by atoms with Crippen LogP contribution in [0.3, 0.4) is 0 Å². The summed E-state index contributed by atoms with van der Waals surface area (Å²) in [6.07, 6.45) is 0.978. The molecule has 0 saturated carbocycles. The Hall–Kier alpha value is -1.37. The highest BCUT2D eigenvalue weighted by Gasteiger charge is 2.17. The minimum atomic E-state index is -0.474. The van der Waals surface area contributed by atoms with Crippen molar-refractivity contribution in [2.45, 2.75) is 32.8 Å². The molecular formula is C15H22N2O. The summed E-state index contributed by atoms with van der Waals surface area (Å²) in [7, 11) is 0. The van der Waals surface area contributed by atoms with Crippen molar-refractivity contribution in [3.63, 3.8) is 0 Å². The van der Waals surface area contributed by atoms with E-state index < -0.39 is 6.10 Å². The summed E-state index contributed by atoms with van der Waals surface area (Å²) in [4.78, 5) is 0. The second-order valence-corrected chi connectivity index (χ2v) is 5.38. The van der Waals surface area contributed by atoms with Crippen LogP contribution in [0, 0.1) is 16.7 Å². The number of aliphatic hydroxyl groups is 1. The number of nitrogens with one attached hydrogen (secondary N) is 1. The summed E-state index contributed by atoms with van der Waals surface area (Å²) in [6, 6.07) is 11.8. The lowest BCUT2D eigenvalue weighted by Crippen LogP contribution is -2.32. The number of aliphatic hydroxyl groups excluding tert-OH is 1. The van der Waals surface area contributed by atoms with E-state index in [0.717, 1.165) is 18.5 Å². The minimum Gasteiger partial charge on any atom is -0.387 e. The maximum Gasteiger partial charge on any atom is 0.0914 e. The van der Waals surface area contributed by atoms with E-state index >= 15 is 0 Å². The van der Waals surface area contributed by atoms with Crippen LogP contribution in [0.5, 0.6) is 0 Å². The van der Waals surface area contributed by atoms with Gasteiger partial charge in [-0.1, -0.05) is 44.2 Å². The van der Waals surface area contributed by atoms with E-state index in [1.54, 1.807) is 0 Å². The Morgan fingerprint density at radius 1 is 1.33 bits per heavy atom. The zero-order chi connectivity index (χ0) is 13.4. The number of hydrogen-bond acceptors (Lipinski definition) is 3. The highest BCUT2D eigenvalue weighted by molar-refractivity contribution is 5.17. The van der Waals surface area contributed by atoms with Crippen molar-refractivity contribution in [3.05, 3.63) is 35.9 Å². The number of benzene rings is 1. The molecule has 0 aromatic heterocycles. The molecule has 0 heterocycles. The van der Waals surface area contributed by atoms with E-state index in [1.165, 1.54) is 0 Å². The molecule has 0 spiro atoms. The van der Waals surface area contributed by atoms with Crippen molar-refractivity contribution in [2.24, 2.45) is 5.41 Å². The van der Waals surface area contributed by atoms with E-state index in [-0.39, 0.29) is 5.41 Å². The molecule has 0 amide bonds. The van der Waals surface area contributed by atoms with Gasteiger partial charge in [0.1, 0.15) is 0 Å². The summed E-state index contributed by atoms with van der Waals surface area (Å²) in [5, 5.41) is 21.8. The monoisotopic (exact) mass is 246 g/mol. The molecule has 1 rings (SSSR count). The Bertz CT molecular complexity index is 381. The first-order valence-corrected chi connectivity index (χ1v) is 6.36. The first-order chi connectivity index (χ1) is 8.55. The normalized spacial score (nSPS) is 13.0. The van der Waals surface area contributed by atoms with Gasteiger partial charge in [0.2, 0.25) is 0 Å². The van der Waals surface area contributed by atoms with Gasteiger partial charge in [-0.25, -0.2) is 0 Å². The summed E-state index contributed by atoms with van der Waals surface area (Å²) in [6.45, 7) is 5.61. The number of nitriles is 1. The van der Waals surface area contributed by atoms with Gasteiger partial charge >= 0.3 is 0 Å². The summed E-state index contributed by atoms with van der Waals surface area (Å²) >= 11 is 0. The first kappa shape index (κ1) is 14.7. The number of hydrogen-bond donors (Lipinski definition) is 2. The van der Waals surface area contributed by atoms with Crippen molar-refractivity contribution >= 4 is 0 Å². The van der Waals surface area contributed by atoms with Gasteiger partial charge in [0, 0.05) is 19.5 Å². The molecule has 0 aliphatic rings. The molecule has 0 fully saturated rings. The van der Waals surface area contributed by atoms with Gasteiger partial charge in [0.05, 0.1) is 12.2 Å². The molecule has 2 N–H and O–H groups in total. The van der Waals surface area contributed by atoms with Crippen molar-refractivity contribution in [1.82, 2.24) is 5.32 Å². The van der Waals surface area contributed by atoms with Crippen LogP contribution >= 0.6 is 0 Å². The number of rotatable bonds is 7. The first-order valence-electron chi connectivity index (χ1n) is 6.36. The molecule has 0 aliphatic heterocycles. The van der Waals surface area contributed by atoms with Gasteiger partial charge < -0.3 is 10.4 Å². The Morgan fingerprint density at radius 2 is 2.00 bits per heavy atom. The molecule has 1 aromatic rings. The van der Waals surface area contributed by atoms with E-state index in [1.807, 2.05) is 30.3 Å². The highest BCUT2D eigenvalue weighted by Crippen LogP contribution is 2.21. The third kappa shape index (κ3) is 5.31. The standard InChI is InChI=1S/C15H22N2O/c1-15(2,9-6-10-16)12-17-11-14(18)13-7-4-3-5-8-13/h3-5,7-8,14,17-18H,6,9,11-12H2,1-2H3. The third-order valence-electron chi connectivity index (χ3n) is 3.04. The fourth-order valence-corrected chi connectivity index (χ4v) is 1.82. The smallest absolute Gasteiger partial charge is 0.0914 e.